The molecule has 0 fully saturated rings. The van der Waals surface area contributed by atoms with Crippen LogP contribution in [0.5, 0.6) is 0 Å². The molecule has 3 rings (SSSR count). The molecule has 6 nitrogen and oxygen atoms in total. The molecule has 0 aliphatic carbocycles. The van der Waals surface area contributed by atoms with Crippen LogP contribution in [0.15, 0.2) is 33.9 Å². The number of hydrogen-bond acceptors (Lipinski definition) is 6. The maximum Gasteiger partial charge on any atom is 0.458 e. The van der Waals surface area contributed by atoms with E-state index in [1.807, 2.05) is 0 Å². The second-order valence-electron chi connectivity index (χ2n) is 4.92. The van der Waals surface area contributed by atoms with Crippen LogP contribution in [0.1, 0.15) is 24.3 Å². The first-order valence-electron chi connectivity index (χ1n) is 6.46. The van der Waals surface area contributed by atoms with E-state index in [0.29, 0.717) is 5.56 Å². The van der Waals surface area contributed by atoms with E-state index >= 15 is 0 Å². The molecule has 0 amide bonds. The summed E-state index contributed by atoms with van der Waals surface area (Å²) in [5.41, 5.74) is 0.472. The number of oxime groups is 1. The van der Waals surface area contributed by atoms with Crippen molar-refractivity contribution in [2.24, 2.45) is 5.16 Å². The Balaban J connectivity index is 1.78. The van der Waals surface area contributed by atoms with E-state index in [1.165, 1.54) is 24.3 Å². The summed E-state index contributed by atoms with van der Waals surface area (Å²) < 4.78 is 67.1. The van der Waals surface area contributed by atoms with Crippen LogP contribution in [0.4, 0.5) is 22.0 Å². The van der Waals surface area contributed by atoms with Gasteiger partial charge < -0.3 is 14.5 Å². The predicted molar refractivity (Wildman–Crippen MR) is 67.9 cm³/mol. The Hall–Kier alpha value is -2.56. The van der Waals surface area contributed by atoms with Crippen LogP contribution in [0, 0.1) is 0 Å². The van der Waals surface area contributed by atoms with Gasteiger partial charge in [0.1, 0.15) is 0 Å². The molecule has 2 heterocycles. The average molecular weight is 349 g/mol. The van der Waals surface area contributed by atoms with Crippen LogP contribution < -0.4 is 0 Å². The summed E-state index contributed by atoms with van der Waals surface area (Å²) in [6.07, 6.45) is -8.77. The van der Waals surface area contributed by atoms with E-state index in [-0.39, 0.29) is 17.1 Å². The van der Waals surface area contributed by atoms with Gasteiger partial charge in [-0.1, -0.05) is 34.6 Å². The fraction of sp³-hybridized carbons (Fsp3) is 0.308. The second-order valence-corrected chi connectivity index (χ2v) is 4.92. The van der Waals surface area contributed by atoms with E-state index in [1.54, 1.807) is 0 Å². The number of alkyl halides is 5. The second kappa shape index (κ2) is 5.51. The number of aromatic nitrogens is 2. The number of halogens is 5. The number of rotatable bonds is 3. The molecule has 0 saturated heterocycles. The summed E-state index contributed by atoms with van der Waals surface area (Å²) in [7, 11) is 0. The lowest BCUT2D eigenvalue weighted by Gasteiger charge is -2.22. The highest BCUT2D eigenvalue weighted by molar-refractivity contribution is 6.01. The normalized spacial score (nSPS) is 21.0. The summed E-state index contributed by atoms with van der Waals surface area (Å²) in [6, 6.07) is 5.53. The van der Waals surface area contributed by atoms with Crippen LogP contribution in [-0.4, -0.2) is 32.9 Å². The quantitative estimate of drug-likeness (QED) is 0.862. The lowest BCUT2D eigenvalue weighted by Crippen LogP contribution is -2.45. The molecule has 11 heteroatoms. The van der Waals surface area contributed by atoms with Crippen LogP contribution >= 0.6 is 0 Å². The van der Waals surface area contributed by atoms with Crippen molar-refractivity contribution in [2.75, 3.05) is 0 Å². The Morgan fingerprint density at radius 2 is 1.75 bits per heavy atom. The summed E-state index contributed by atoms with van der Waals surface area (Å²) in [6.45, 7) is 0. The zero-order valence-corrected chi connectivity index (χ0v) is 11.6. The summed E-state index contributed by atoms with van der Waals surface area (Å²) >= 11 is 0. The summed E-state index contributed by atoms with van der Waals surface area (Å²) in [5, 5.41) is 16.0. The molecule has 1 aliphatic rings. The fourth-order valence-electron chi connectivity index (χ4n) is 1.98. The molecule has 0 spiro atoms. The van der Waals surface area contributed by atoms with Crippen molar-refractivity contribution in [3.05, 3.63) is 35.7 Å². The lowest BCUT2D eigenvalue weighted by atomic mass is 10.0. The molecule has 1 unspecified atom stereocenters. The Bertz CT molecular complexity index is 772. The van der Waals surface area contributed by atoms with Gasteiger partial charge in [0.25, 0.3) is 5.89 Å². The molecule has 0 saturated carbocycles. The maximum absolute atomic E-state index is 12.7. The minimum atomic E-state index is -4.99. The van der Waals surface area contributed by atoms with Crippen molar-refractivity contribution in [3.63, 3.8) is 0 Å². The van der Waals surface area contributed by atoms with E-state index in [4.69, 9.17) is 0 Å². The van der Waals surface area contributed by atoms with Gasteiger partial charge in [0.2, 0.25) is 5.82 Å². The maximum atomic E-state index is 12.7. The summed E-state index contributed by atoms with van der Waals surface area (Å²) in [5.74, 6) is -4.29. The van der Waals surface area contributed by atoms with Gasteiger partial charge in [-0.2, -0.15) is 26.9 Å². The largest absolute Gasteiger partial charge is 0.458 e. The Kier molecular flexibility index (Phi) is 3.74. The van der Waals surface area contributed by atoms with Crippen LogP contribution in [0.2, 0.25) is 0 Å². The first-order valence-corrected chi connectivity index (χ1v) is 6.46. The predicted octanol–water partition coefficient (Wildman–Crippen LogP) is 3.05. The number of aliphatic hydroxyl groups is 1. The minimum Gasteiger partial charge on any atom is -0.350 e. The zero-order chi connectivity index (χ0) is 17.5. The molecule has 1 aromatic heterocycles. The Morgan fingerprint density at radius 3 is 2.25 bits per heavy atom. The fourth-order valence-corrected chi connectivity index (χ4v) is 1.98. The van der Waals surface area contributed by atoms with E-state index in [9.17, 15) is 27.1 Å². The van der Waals surface area contributed by atoms with Crippen LogP contribution in [-0.2, 0) is 4.84 Å². The molecule has 2 aromatic rings. The van der Waals surface area contributed by atoms with Gasteiger partial charge in [0, 0.05) is 5.56 Å². The summed E-state index contributed by atoms with van der Waals surface area (Å²) in [4.78, 5) is 7.60. The standard InChI is InChI=1S/C13H8F5N3O3/c14-9(15)11-19-10(21-23-11)7-3-1-6(2-4-7)8-5-12(22,24-20-8)13(16,17)18/h1-4,9,22H,5H2. The Morgan fingerprint density at radius 1 is 1.12 bits per heavy atom. The number of nitrogens with zero attached hydrogens (tertiary/aromatic N) is 3. The molecule has 128 valence electrons. The third-order valence-corrected chi connectivity index (χ3v) is 3.26. The van der Waals surface area contributed by atoms with Gasteiger partial charge in [0.15, 0.2) is 0 Å². The average Bonchev–Trinajstić information content (AvgIpc) is 3.14. The first kappa shape index (κ1) is 16.3. The van der Waals surface area contributed by atoms with Crippen molar-refractivity contribution < 1.29 is 36.4 Å². The highest BCUT2D eigenvalue weighted by Gasteiger charge is 2.60. The minimum absolute atomic E-state index is 0.0896. The van der Waals surface area contributed by atoms with Gasteiger partial charge in [-0.25, -0.2) is 0 Å². The van der Waals surface area contributed by atoms with Gasteiger partial charge in [-0.3, -0.25) is 0 Å². The van der Waals surface area contributed by atoms with Crippen LogP contribution in [0.3, 0.4) is 0 Å². The number of benzene rings is 1. The van der Waals surface area contributed by atoms with Gasteiger partial charge in [0.05, 0.1) is 12.1 Å². The monoisotopic (exact) mass is 349 g/mol. The highest BCUT2D eigenvalue weighted by Crippen LogP contribution is 2.39. The van der Waals surface area contributed by atoms with E-state index in [0.717, 1.165) is 0 Å². The third-order valence-electron chi connectivity index (χ3n) is 3.26. The Labute approximate surface area is 130 Å². The number of hydrogen-bond donors (Lipinski definition) is 1. The molecule has 1 aliphatic heterocycles. The molecule has 0 radical (unpaired) electrons. The van der Waals surface area contributed by atoms with E-state index < -0.39 is 30.7 Å². The van der Waals surface area contributed by atoms with Crippen molar-refractivity contribution in [1.29, 1.82) is 0 Å². The highest BCUT2D eigenvalue weighted by atomic mass is 19.4. The molecule has 0 bridgehead atoms. The van der Waals surface area contributed by atoms with Crippen molar-refractivity contribution in [1.82, 2.24) is 10.1 Å². The first-order chi connectivity index (χ1) is 11.2. The molecular formula is C13H8F5N3O3. The molecular weight excluding hydrogens is 341 g/mol. The molecule has 1 aromatic carbocycles. The zero-order valence-electron chi connectivity index (χ0n) is 11.6. The van der Waals surface area contributed by atoms with Crippen molar-refractivity contribution >= 4 is 5.71 Å². The van der Waals surface area contributed by atoms with Crippen molar-refractivity contribution in [3.8, 4) is 11.4 Å². The van der Waals surface area contributed by atoms with Crippen LogP contribution in [0.25, 0.3) is 11.4 Å². The smallest absolute Gasteiger partial charge is 0.350 e. The van der Waals surface area contributed by atoms with Crippen molar-refractivity contribution in [2.45, 2.75) is 24.8 Å². The van der Waals surface area contributed by atoms with Gasteiger partial charge in [-0.15, -0.1) is 0 Å². The van der Waals surface area contributed by atoms with Gasteiger partial charge in [-0.05, 0) is 5.56 Å². The topological polar surface area (TPSA) is 80.7 Å². The molecule has 24 heavy (non-hydrogen) atoms. The van der Waals surface area contributed by atoms with E-state index in [2.05, 4.69) is 24.7 Å². The third kappa shape index (κ3) is 2.82. The molecule has 1 N–H and O–H groups in total. The molecule has 1 atom stereocenters. The lowest BCUT2D eigenvalue weighted by molar-refractivity contribution is -0.355. The van der Waals surface area contributed by atoms with Gasteiger partial charge >= 0.3 is 18.4 Å². The SMILES string of the molecule is OC1(C(F)(F)F)CC(c2ccc(-c3noc(C(F)F)n3)cc2)=NO1.